The first-order chi connectivity index (χ1) is 62.0. The summed E-state index contributed by atoms with van der Waals surface area (Å²) < 4.78 is 53.4. The minimum atomic E-state index is -3.48. The number of hydrazone groups is 1. The number of sulfonamides is 1. The van der Waals surface area contributed by atoms with Crippen LogP contribution in [0.4, 0.5) is 0 Å². The molecule has 2 aromatic carbocycles. The van der Waals surface area contributed by atoms with Crippen LogP contribution in [0.15, 0.2) is 86.9 Å². The third-order valence-electron chi connectivity index (χ3n) is 19.1. The van der Waals surface area contributed by atoms with Crippen LogP contribution in [0, 0.1) is 107 Å². The van der Waals surface area contributed by atoms with Gasteiger partial charge in [-0.25, -0.2) is 26.9 Å². The summed E-state index contributed by atoms with van der Waals surface area (Å²) in [7, 11) is 5.37. The van der Waals surface area contributed by atoms with Crippen molar-refractivity contribution < 1.29 is 104 Å². The molecule has 798 valence electrons. The summed E-state index contributed by atoms with van der Waals surface area (Å²) in [6, 6.07) is 14.4. The first-order valence-corrected chi connectivity index (χ1v) is 60.5. The molecule has 3 unspecified atom stereocenters. The number of benzene rings is 2. The number of carbonyl (C=O) groups is 4. The summed E-state index contributed by atoms with van der Waals surface area (Å²) in [4.78, 5) is 51.8. The Kier molecular flexibility index (Phi) is 95.6. The molecule has 3 amide bonds. The summed E-state index contributed by atoms with van der Waals surface area (Å²) in [5.74, 6) is 15.8. The molecule has 1 fully saturated rings. The number of nitrogens with one attached hydrogen (secondary N) is 1. The molecular formula is C110H209N8O10RbS8. The number of aromatic nitrogens is 3. The SMILES string of the molecule is C/C(=N\NC(=O)C(C)C)C(C)C.CC(C)/C=C/C(C)C.CC(C)C#CC(C)C.CC(C)C1CC(=O)N(C(C)C)C1=O.CC(C)C=NOC(C)C.CC(C)CCC(CC(=O)O)C(C)C.CC(C)CS(=O)(=O)c1ccc(C(C)C)cc1.CC(C)CSSC(C)C.CC(C)SSC(C)(C)C(C)C.CC(C)SSC(C)C(C)C.CC(C)[N-]S(=O)(=O)c1ccc(C(C)C)cc1.CC(C)c1cn(C(C)C)nn1.[Rb+]. The van der Waals surface area contributed by atoms with Crippen LogP contribution in [0.5, 0.6) is 0 Å². The molecule has 27 heteroatoms. The fourth-order valence-electron chi connectivity index (χ4n) is 9.34. The molecule has 0 bridgehead atoms. The standard InChI is InChI=1S/C13H20O2S.C12H18NO2S.C11H22O2.C10H17NO2.C9H18N2O.C9H20S2.C8H15N3.C8H18S2.C8H16.C8H14.C7H15NO.C7H16S2.Rb/c1-10(2)9-16(14,15)13-7-5-12(6-8-13)11(3)4;1-9(2)11-5-7-12(8-6-11)16(14,15)13-10(3)4;1-8(2)5-6-10(9(3)4)7-11(12)13;1-6(2)8-5-9(12)11(7(3)4)10(8)13;1-6(2)8(5)10-11-9(12)7(3)4;1-7(2)9(5,6)11-10-8(3)4;1-6(2)8-5-11(7(3)4)10-9-8;1-6(2)8(5)10-9-7(3)4;2*1-7(2)5-6-8(3)4;2*1-6(2)5-8-9-7(3)4;/h5-8,10-11H,9H2,1-4H3;5-10H,1-4H3;8-10H,5-7H2,1-4H3,(H,12,13);6-8H,5H2,1-4H3;6-7H,1-5H3,(H,11,12);7-8H,1-6H3;5-7H,1-4H3;6-8H,1-5H3;5-8H,1-4H3;7-8H,1-4H3;5-7H,1-4H3;6-7H,5H2,1-4H3;/q;-1;;;;;;;;;;;+1/b;;;;10-8+;;;;6-5+;;;;. The summed E-state index contributed by atoms with van der Waals surface area (Å²) >= 11 is 0. The second-order valence-electron chi connectivity index (χ2n) is 43.2. The van der Waals surface area contributed by atoms with Crippen molar-refractivity contribution in [2.75, 3.05) is 11.5 Å². The number of amides is 3. The Morgan fingerprint density at radius 2 is 1.01 bits per heavy atom. The predicted octanol–water partition coefficient (Wildman–Crippen LogP) is 30.6. The van der Waals surface area contributed by atoms with Crippen molar-refractivity contribution >= 4 is 120 Å². The number of hydrogen-bond acceptors (Lipinski definition) is 19. The molecule has 0 spiro atoms. The van der Waals surface area contributed by atoms with Crippen molar-refractivity contribution in [1.29, 1.82) is 0 Å². The van der Waals surface area contributed by atoms with Crippen molar-refractivity contribution in [2.24, 2.45) is 105 Å². The summed E-state index contributed by atoms with van der Waals surface area (Å²) in [5.41, 5.74) is 6.83. The largest absolute Gasteiger partial charge is 1.00 e. The van der Waals surface area contributed by atoms with E-state index in [0.29, 0.717) is 99.5 Å². The van der Waals surface area contributed by atoms with Crippen LogP contribution in [0.1, 0.15) is 426 Å². The second-order valence-corrected chi connectivity index (χ2v) is 56.5. The summed E-state index contributed by atoms with van der Waals surface area (Å²) in [6.45, 7) is 109. The minimum absolute atomic E-state index is 0. The van der Waals surface area contributed by atoms with Crippen LogP contribution in [0.2, 0.25) is 0 Å². The topological polar surface area (TPSA) is 251 Å². The van der Waals surface area contributed by atoms with Gasteiger partial charge in [-0.05, 0) is 193 Å². The van der Waals surface area contributed by atoms with Gasteiger partial charge in [0.15, 0.2) is 9.84 Å². The van der Waals surface area contributed by atoms with Crippen LogP contribution in [-0.4, -0.2) is 133 Å². The number of sulfone groups is 1. The van der Waals surface area contributed by atoms with E-state index >= 15 is 0 Å². The maximum atomic E-state index is 11.9. The van der Waals surface area contributed by atoms with E-state index in [4.69, 9.17) is 9.94 Å². The number of allylic oxidation sites excluding steroid dienone is 2. The van der Waals surface area contributed by atoms with E-state index in [1.54, 1.807) is 44.3 Å². The summed E-state index contributed by atoms with van der Waals surface area (Å²) in [6.07, 6.45) is 11.4. The van der Waals surface area contributed by atoms with Crippen molar-refractivity contribution in [1.82, 2.24) is 25.3 Å². The molecule has 0 aliphatic carbocycles. The number of carboxylic acids is 1. The third-order valence-corrected chi connectivity index (χ3v) is 33.9. The third kappa shape index (κ3) is 93.4. The molecule has 4 rings (SSSR count). The zero-order chi connectivity index (χ0) is 108. The molecule has 18 nitrogen and oxygen atoms in total. The van der Waals surface area contributed by atoms with Gasteiger partial charge in [-0.2, -0.15) is 5.10 Å². The Hall–Kier alpha value is -2.13. The molecule has 0 saturated carbocycles. The molecule has 1 aliphatic rings. The number of imide groups is 1. The molecule has 3 atom stereocenters. The number of carboxylic acid groups (broad SMARTS) is 1. The van der Waals surface area contributed by atoms with E-state index in [1.807, 2.05) is 190 Å². The van der Waals surface area contributed by atoms with E-state index < -0.39 is 25.8 Å². The number of hydrogen-bond donors (Lipinski definition) is 2. The summed E-state index contributed by atoms with van der Waals surface area (Å²) in [5, 5.41) is 27.5. The first kappa shape index (κ1) is 153. The number of likely N-dealkylation sites (tertiary alicyclic amines) is 1. The average molecular weight is 2150 g/mol. The maximum Gasteiger partial charge on any atom is 1.00 e. The van der Waals surface area contributed by atoms with Gasteiger partial charge in [-0.1, -0.05) is 416 Å². The van der Waals surface area contributed by atoms with E-state index in [0.717, 1.165) is 68.6 Å². The van der Waals surface area contributed by atoms with Crippen LogP contribution in [-0.2, 0) is 43.9 Å². The minimum Gasteiger partial charge on any atom is -0.542 e. The zero-order valence-electron chi connectivity index (χ0n) is 97.3. The van der Waals surface area contributed by atoms with Crippen molar-refractivity contribution in [3.8, 4) is 11.8 Å². The number of rotatable bonds is 38. The van der Waals surface area contributed by atoms with Crippen LogP contribution >= 0.6 is 64.8 Å². The molecule has 1 saturated heterocycles. The number of aliphatic carboxylic acids is 1. The average Bonchev–Trinajstić information content (AvgIpc) is 1.66. The van der Waals surface area contributed by atoms with E-state index in [-0.39, 0.29) is 128 Å². The van der Waals surface area contributed by atoms with Crippen LogP contribution in [0.25, 0.3) is 4.72 Å². The van der Waals surface area contributed by atoms with E-state index in [9.17, 15) is 36.0 Å². The monoisotopic (exact) mass is 2140 g/mol. The fourth-order valence-corrected chi connectivity index (χ4v) is 19.6. The van der Waals surface area contributed by atoms with Gasteiger partial charge in [0.05, 0.1) is 16.3 Å². The van der Waals surface area contributed by atoms with E-state index in [1.165, 1.54) is 16.2 Å². The molecule has 3 aromatic rings. The fraction of sp³-hybridized carbons (Fsp3) is 0.782. The predicted molar refractivity (Wildman–Crippen MR) is 613 cm³/mol. The number of nitrogens with zero attached hydrogens (tertiary/aromatic N) is 7. The number of carbonyl (C=O) groups excluding carboxylic acids is 3. The molecule has 1 aromatic heterocycles. The Labute approximate surface area is 919 Å². The zero-order valence-corrected chi connectivity index (χ0v) is 109. The molecule has 1 aliphatic heterocycles. The van der Waals surface area contributed by atoms with Gasteiger partial charge in [0, 0.05) is 103 Å². The molecule has 2 heterocycles. The van der Waals surface area contributed by atoms with Gasteiger partial charge < -0.3 is 14.7 Å². The normalized spacial score (nSPS) is 13.4. The Balaban J connectivity index is -0.000000187. The quantitative estimate of drug-likeness (QED) is 0.0135. The molecule has 2 N–H and O–H groups in total. The van der Waals surface area contributed by atoms with Crippen molar-refractivity contribution in [3.05, 3.63) is 88.4 Å². The Morgan fingerprint density at radius 1 is 0.562 bits per heavy atom. The van der Waals surface area contributed by atoms with Crippen molar-refractivity contribution in [3.63, 3.8) is 0 Å². The smallest absolute Gasteiger partial charge is 0.542 e. The molecule has 0 radical (unpaired) electrons. The molecule has 137 heavy (non-hydrogen) atoms. The Morgan fingerprint density at radius 3 is 1.28 bits per heavy atom. The Bertz CT molecular complexity index is 3730. The second kappa shape index (κ2) is 85.9. The maximum absolute atomic E-state index is 11.9. The van der Waals surface area contributed by atoms with E-state index in [2.05, 4.69) is 311 Å². The van der Waals surface area contributed by atoms with Gasteiger partial charge in [-0.3, -0.25) is 24.1 Å². The van der Waals surface area contributed by atoms with Gasteiger partial charge in [0.1, 0.15) is 16.1 Å². The van der Waals surface area contributed by atoms with Crippen LogP contribution < -0.4 is 63.6 Å². The van der Waals surface area contributed by atoms with Gasteiger partial charge in [-0.15, -0.1) is 23.0 Å². The molecular weight excluding hydrogens is 1940 g/mol. The van der Waals surface area contributed by atoms with Gasteiger partial charge in [0.25, 0.3) is 0 Å². The van der Waals surface area contributed by atoms with Gasteiger partial charge >= 0.3 is 64.2 Å². The van der Waals surface area contributed by atoms with Crippen LogP contribution in [0.3, 0.4) is 0 Å². The first-order valence-electron chi connectivity index (χ1n) is 50.6. The van der Waals surface area contributed by atoms with Gasteiger partial charge in [0.2, 0.25) is 17.7 Å². The van der Waals surface area contributed by atoms with Crippen molar-refractivity contribution in [2.45, 2.75) is 463 Å². The number of oxime groups is 1.